The number of carbonyl (C=O) groups is 2. The zero-order valence-corrected chi connectivity index (χ0v) is 15.5. The number of fused-ring (bicyclic) bond motifs is 1. The van der Waals surface area contributed by atoms with Crippen LogP contribution in [-0.4, -0.2) is 51.8 Å². The molecule has 1 aromatic carbocycles. The van der Waals surface area contributed by atoms with Gasteiger partial charge in [-0.1, -0.05) is 12.1 Å². The Kier molecular flexibility index (Phi) is 5.02. The number of hydrogen-bond donors (Lipinski definition) is 0. The second-order valence-electron chi connectivity index (χ2n) is 6.39. The first kappa shape index (κ1) is 18.0. The molecule has 1 aliphatic carbocycles. The maximum atomic E-state index is 12.5. The Morgan fingerprint density at radius 1 is 1.04 bits per heavy atom. The lowest BCUT2D eigenvalue weighted by atomic mass is 9.79. The minimum Gasteiger partial charge on any atom is -0.497 e. The van der Waals surface area contributed by atoms with Crippen molar-refractivity contribution in [2.24, 2.45) is 5.92 Å². The lowest BCUT2D eigenvalue weighted by Crippen LogP contribution is -2.31. The topological polar surface area (TPSA) is 65.1 Å². The van der Waals surface area contributed by atoms with Crippen molar-refractivity contribution in [3.05, 3.63) is 46.7 Å². The molecule has 1 heterocycles. The van der Waals surface area contributed by atoms with Gasteiger partial charge in [0, 0.05) is 13.6 Å². The molecule has 1 atom stereocenters. The maximum Gasteiger partial charge on any atom is 0.336 e. The molecule has 1 saturated heterocycles. The first-order valence-electron chi connectivity index (χ1n) is 8.50. The summed E-state index contributed by atoms with van der Waals surface area (Å²) in [7, 11) is 6.23. The number of rotatable bonds is 4. The fourth-order valence-corrected chi connectivity index (χ4v) is 3.77. The monoisotopic (exact) mass is 357 g/mol. The van der Waals surface area contributed by atoms with Gasteiger partial charge in [0.1, 0.15) is 5.75 Å². The van der Waals surface area contributed by atoms with Crippen molar-refractivity contribution in [2.45, 2.75) is 12.8 Å². The van der Waals surface area contributed by atoms with Gasteiger partial charge in [0.15, 0.2) is 0 Å². The molecule has 1 unspecified atom stereocenters. The molecule has 0 bridgehead atoms. The largest absolute Gasteiger partial charge is 0.497 e. The highest BCUT2D eigenvalue weighted by molar-refractivity contribution is 6.00. The van der Waals surface area contributed by atoms with Crippen LogP contribution in [0, 0.1) is 5.92 Å². The number of hydrogen-bond acceptors (Lipinski definition) is 6. The van der Waals surface area contributed by atoms with Gasteiger partial charge >= 0.3 is 11.9 Å². The third-order valence-electron chi connectivity index (χ3n) is 5.07. The number of esters is 2. The predicted molar refractivity (Wildman–Crippen MR) is 96.3 cm³/mol. The van der Waals surface area contributed by atoms with Crippen LogP contribution in [0.25, 0.3) is 5.57 Å². The van der Waals surface area contributed by atoms with E-state index in [4.69, 9.17) is 14.2 Å². The molecule has 2 aliphatic rings. The number of ether oxygens (including phenoxy) is 3. The van der Waals surface area contributed by atoms with E-state index < -0.39 is 17.9 Å². The van der Waals surface area contributed by atoms with Crippen molar-refractivity contribution in [3.63, 3.8) is 0 Å². The molecule has 138 valence electrons. The molecule has 0 radical (unpaired) electrons. The fraction of sp³-hybridized carbons (Fsp3) is 0.400. The highest BCUT2D eigenvalue weighted by atomic mass is 16.5. The molecule has 6 heteroatoms. The van der Waals surface area contributed by atoms with Crippen LogP contribution in [0.4, 0.5) is 0 Å². The van der Waals surface area contributed by atoms with Gasteiger partial charge in [-0.05, 0) is 41.7 Å². The molecule has 3 rings (SSSR count). The summed E-state index contributed by atoms with van der Waals surface area (Å²) in [4.78, 5) is 26.9. The van der Waals surface area contributed by atoms with E-state index in [0.29, 0.717) is 12.0 Å². The first-order valence-corrected chi connectivity index (χ1v) is 8.50. The van der Waals surface area contributed by atoms with Crippen LogP contribution in [0.3, 0.4) is 0 Å². The van der Waals surface area contributed by atoms with Crippen LogP contribution in [0.15, 0.2) is 41.1 Å². The van der Waals surface area contributed by atoms with Gasteiger partial charge in [-0.2, -0.15) is 0 Å². The molecule has 0 saturated carbocycles. The number of carbonyl (C=O) groups excluding carboxylic acids is 2. The summed E-state index contributed by atoms with van der Waals surface area (Å²) in [5, 5.41) is 0. The van der Waals surface area contributed by atoms with Gasteiger partial charge < -0.3 is 19.1 Å². The van der Waals surface area contributed by atoms with Gasteiger partial charge in [0.25, 0.3) is 0 Å². The number of allylic oxidation sites excluding steroid dienone is 2. The zero-order valence-electron chi connectivity index (χ0n) is 15.5. The van der Waals surface area contributed by atoms with E-state index in [9.17, 15) is 9.59 Å². The smallest absolute Gasteiger partial charge is 0.336 e. The van der Waals surface area contributed by atoms with E-state index in [2.05, 4.69) is 0 Å². The van der Waals surface area contributed by atoms with Crippen LogP contribution in [0.5, 0.6) is 5.75 Å². The molecule has 1 aliphatic heterocycles. The van der Waals surface area contributed by atoms with Crippen LogP contribution >= 0.6 is 0 Å². The van der Waals surface area contributed by atoms with E-state index >= 15 is 0 Å². The summed E-state index contributed by atoms with van der Waals surface area (Å²) < 4.78 is 15.2. The number of likely N-dealkylation sites (N-methyl/N-ethyl adjacent to an activating group) is 1. The predicted octanol–water partition coefficient (Wildman–Crippen LogP) is 2.40. The SMILES string of the molecule is COC(=O)C1=C2C(=C(c3ccc(OC)cc3)CC1C(=O)OC)CCN2C. The highest BCUT2D eigenvalue weighted by Gasteiger charge is 2.41. The Hall–Kier alpha value is -2.76. The van der Waals surface area contributed by atoms with E-state index in [1.165, 1.54) is 14.2 Å². The van der Waals surface area contributed by atoms with Gasteiger partial charge in [-0.3, -0.25) is 4.79 Å². The third-order valence-corrected chi connectivity index (χ3v) is 5.07. The second kappa shape index (κ2) is 7.23. The van der Waals surface area contributed by atoms with Gasteiger partial charge in [0.05, 0.1) is 38.5 Å². The summed E-state index contributed by atoms with van der Waals surface area (Å²) in [6.07, 6.45) is 1.23. The minimum absolute atomic E-state index is 0.395. The Morgan fingerprint density at radius 3 is 2.31 bits per heavy atom. The molecule has 0 aromatic heterocycles. The molecular formula is C20H23NO5. The Labute approximate surface area is 153 Å². The summed E-state index contributed by atoms with van der Waals surface area (Å²) in [5.41, 5.74) is 4.37. The standard InChI is InChI=1S/C20H23NO5/c1-21-10-9-14-15(12-5-7-13(24-2)8-6-12)11-16(19(22)25-3)17(18(14)21)20(23)26-4/h5-8,16H,9-11H2,1-4H3. The van der Waals surface area contributed by atoms with E-state index in [0.717, 1.165) is 41.1 Å². The van der Waals surface area contributed by atoms with Gasteiger partial charge in [0.2, 0.25) is 0 Å². The zero-order chi connectivity index (χ0) is 18.8. The molecule has 1 aromatic rings. The molecule has 0 N–H and O–H groups in total. The van der Waals surface area contributed by atoms with Crippen molar-refractivity contribution in [2.75, 3.05) is 34.9 Å². The van der Waals surface area contributed by atoms with Crippen molar-refractivity contribution in [1.82, 2.24) is 4.90 Å². The van der Waals surface area contributed by atoms with E-state index in [-0.39, 0.29) is 0 Å². The fourth-order valence-electron chi connectivity index (χ4n) is 3.77. The third kappa shape index (κ3) is 2.96. The minimum atomic E-state index is -0.677. The molecule has 0 amide bonds. The second-order valence-corrected chi connectivity index (χ2v) is 6.39. The van der Waals surface area contributed by atoms with Crippen molar-refractivity contribution in [1.29, 1.82) is 0 Å². The van der Waals surface area contributed by atoms with Crippen LogP contribution in [-0.2, 0) is 19.1 Å². The summed E-state index contributed by atoms with van der Waals surface area (Å²) in [6.45, 7) is 0.790. The van der Waals surface area contributed by atoms with Crippen molar-refractivity contribution >= 4 is 17.5 Å². The average molecular weight is 357 g/mol. The maximum absolute atomic E-state index is 12.5. The van der Waals surface area contributed by atoms with E-state index in [1.54, 1.807) is 7.11 Å². The lowest BCUT2D eigenvalue weighted by Gasteiger charge is -2.29. The summed E-state index contributed by atoms with van der Waals surface area (Å²) >= 11 is 0. The number of benzene rings is 1. The number of likely N-dealkylation sites (tertiary alicyclic amines) is 1. The van der Waals surface area contributed by atoms with E-state index in [1.807, 2.05) is 36.2 Å². The van der Waals surface area contributed by atoms with Gasteiger partial charge in [-0.25, -0.2) is 4.79 Å². The molecule has 26 heavy (non-hydrogen) atoms. The quantitative estimate of drug-likeness (QED) is 0.771. The normalized spacial score (nSPS) is 19.4. The van der Waals surface area contributed by atoms with Crippen molar-refractivity contribution < 1.29 is 23.8 Å². The Bertz CT molecular complexity index is 791. The number of methoxy groups -OCH3 is 3. The lowest BCUT2D eigenvalue weighted by molar-refractivity contribution is -0.147. The average Bonchev–Trinajstić information content (AvgIpc) is 3.07. The van der Waals surface area contributed by atoms with Crippen LogP contribution in [0.1, 0.15) is 18.4 Å². The first-order chi connectivity index (χ1) is 12.5. The molecular weight excluding hydrogens is 334 g/mol. The molecule has 1 fully saturated rings. The number of nitrogens with zero attached hydrogens (tertiary/aromatic N) is 1. The summed E-state index contributed by atoms with van der Waals surface area (Å²) in [6, 6.07) is 7.75. The van der Waals surface area contributed by atoms with Crippen LogP contribution in [0.2, 0.25) is 0 Å². The Balaban J connectivity index is 2.18. The van der Waals surface area contributed by atoms with Crippen LogP contribution < -0.4 is 4.74 Å². The van der Waals surface area contributed by atoms with Gasteiger partial charge in [-0.15, -0.1) is 0 Å². The molecule has 0 spiro atoms. The molecule has 6 nitrogen and oxygen atoms in total. The van der Waals surface area contributed by atoms with Crippen molar-refractivity contribution in [3.8, 4) is 5.75 Å². The summed E-state index contributed by atoms with van der Waals surface area (Å²) in [5.74, 6) is -0.809. The highest BCUT2D eigenvalue weighted by Crippen LogP contribution is 2.45. The Morgan fingerprint density at radius 2 is 1.73 bits per heavy atom.